The number of hydrogen-bond acceptors (Lipinski definition) is 3. The molecule has 1 aliphatic carbocycles. The Hall–Kier alpha value is -0.610. The van der Waals surface area contributed by atoms with Crippen molar-refractivity contribution in [2.24, 2.45) is 0 Å². The van der Waals surface area contributed by atoms with Crippen molar-refractivity contribution in [3.05, 3.63) is 0 Å². The minimum Gasteiger partial charge on any atom is -0.352 e. The van der Waals surface area contributed by atoms with E-state index < -0.39 is 0 Å². The molecule has 0 spiro atoms. The zero-order valence-corrected chi connectivity index (χ0v) is 14.0. The van der Waals surface area contributed by atoms with Crippen molar-refractivity contribution in [1.82, 2.24) is 15.5 Å². The molecule has 0 aromatic carbocycles. The highest BCUT2D eigenvalue weighted by atomic mass is 16.2. The second-order valence-corrected chi connectivity index (χ2v) is 6.77. The van der Waals surface area contributed by atoms with Crippen LogP contribution in [0.4, 0.5) is 0 Å². The largest absolute Gasteiger partial charge is 0.352 e. The lowest BCUT2D eigenvalue weighted by Gasteiger charge is -2.34. The van der Waals surface area contributed by atoms with Crippen LogP contribution in [0.5, 0.6) is 0 Å². The molecule has 21 heavy (non-hydrogen) atoms. The highest BCUT2D eigenvalue weighted by Crippen LogP contribution is 2.29. The van der Waals surface area contributed by atoms with Crippen LogP contribution in [0.1, 0.15) is 65.7 Å². The van der Waals surface area contributed by atoms with Crippen LogP contribution in [0.3, 0.4) is 0 Å². The first-order valence-corrected chi connectivity index (χ1v) is 8.95. The maximum absolute atomic E-state index is 12.5. The summed E-state index contributed by atoms with van der Waals surface area (Å²) >= 11 is 0. The number of carbonyl (C=O) groups is 1. The van der Waals surface area contributed by atoms with Gasteiger partial charge in [0.15, 0.2) is 0 Å². The van der Waals surface area contributed by atoms with E-state index in [1.165, 1.54) is 32.1 Å². The minimum atomic E-state index is 0.00169. The first-order valence-electron chi connectivity index (χ1n) is 8.95. The maximum Gasteiger partial charge on any atom is 0.237 e. The number of hydrogen-bond donors (Lipinski definition) is 2. The molecule has 4 heteroatoms. The Morgan fingerprint density at radius 3 is 2.48 bits per heavy atom. The third-order valence-corrected chi connectivity index (χ3v) is 5.07. The summed E-state index contributed by atoms with van der Waals surface area (Å²) in [6.07, 6.45) is 8.43. The van der Waals surface area contributed by atoms with E-state index in [1.54, 1.807) is 0 Å². The van der Waals surface area contributed by atoms with Gasteiger partial charge in [-0.15, -0.1) is 0 Å². The third kappa shape index (κ3) is 4.96. The molecule has 4 nitrogen and oxygen atoms in total. The number of carbonyl (C=O) groups excluding carboxylic acids is 1. The van der Waals surface area contributed by atoms with Crippen molar-refractivity contribution in [1.29, 1.82) is 0 Å². The predicted octanol–water partition coefficient (Wildman–Crippen LogP) is 2.29. The van der Waals surface area contributed by atoms with E-state index >= 15 is 0 Å². The normalized spacial score (nSPS) is 24.3. The van der Waals surface area contributed by atoms with E-state index in [1.807, 2.05) is 0 Å². The fraction of sp³-hybridized carbons (Fsp3) is 0.941. The summed E-state index contributed by atoms with van der Waals surface area (Å²) in [5.41, 5.74) is 0. The molecule has 122 valence electrons. The van der Waals surface area contributed by atoms with Crippen LogP contribution in [-0.4, -0.2) is 48.1 Å². The first kappa shape index (κ1) is 16.8. The molecular weight excluding hydrogens is 262 g/mol. The Kier molecular flexibility index (Phi) is 6.49. The summed E-state index contributed by atoms with van der Waals surface area (Å²) in [5.74, 6) is 0.214. The van der Waals surface area contributed by atoms with Crippen molar-refractivity contribution in [2.45, 2.75) is 89.9 Å². The van der Waals surface area contributed by atoms with Crippen LogP contribution in [-0.2, 0) is 4.79 Å². The van der Waals surface area contributed by atoms with Gasteiger partial charge in [0, 0.05) is 24.7 Å². The molecule has 2 fully saturated rings. The number of nitrogens with zero attached hydrogens (tertiary/aromatic N) is 1. The topological polar surface area (TPSA) is 44.4 Å². The van der Waals surface area contributed by atoms with E-state index in [9.17, 15) is 4.79 Å². The van der Waals surface area contributed by atoms with Gasteiger partial charge in [-0.3, -0.25) is 9.69 Å². The summed E-state index contributed by atoms with van der Waals surface area (Å²) in [6, 6.07) is 1.54. The zero-order chi connectivity index (χ0) is 15.2. The van der Waals surface area contributed by atoms with Crippen molar-refractivity contribution >= 4 is 5.91 Å². The molecule has 1 saturated carbocycles. The molecule has 0 aromatic rings. The molecule has 2 aliphatic rings. The first-order chi connectivity index (χ1) is 10.2. The summed E-state index contributed by atoms with van der Waals surface area (Å²) in [5, 5.41) is 6.83. The quantitative estimate of drug-likeness (QED) is 0.722. The van der Waals surface area contributed by atoms with Gasteiger partial charge in [0.05, 0.1) is 6.04 Å². The van der Waals surface area contributed by atoms with Gasteiger partial charge >= 0.3 is 0 Å². The molecule has 0 bridgehead atoms. The zero-order valence-electron chi connectivity index (χ0n) is 14.0. The van der Waals surface area contributed by atoms with Crippen LogP contribution < -0.4 is 10.6 Å². The van der Waals surface area contributed by atoms with Gasteiger partial charge in [-0.25, -0.2) is 0 Å². The summed E-state index contributed by atoms with van der Waals surface area (Å²) in [4.78, 5) is 15.0. The van der Waals surface area contributed by atoms with Gasteiger partial charge in [-0.05, 0) is 52.0 Å². The van der Waals surface area contributed by atoms with Gasteiger partial charge in [0.25, 0.3) is 0 Å². The van der Waals surface area contributed by atoms with Crippen molar-refractivity contribution < 1.29 is 4.79 Å². The van der Waals surface area contributed by atoms with Crippen molar-refractivity contribution in [3.63, 3.8) is 0 Å². The monoisotopic (exact) mass is 295 g/mol. The van der Waals surface area contributed by atoms with E-state index in [2.05, 4.69) is 36.3 Å². The second-order valence-electron chi connectivity index (χ2n) is 6.77. The highest BCUT2D eigenvalue weighted by molar-refractivity contribution is 5.81. The molecule has 1 saturated heterocycles. The highest BCUT2D eigenvalue weighted by Gasteiger charge is 2.36. The van der Waals surface area contributed by atoms with Gasteiger partial charge in [0.2, 0.25) is 5.91 Å². The second kappa shape index (κ2) is 8.14. The van der Waals surface area contributed by atoms with Crippen LogP contribution in [0.15, 0.2) is 0 Å². The lowest BCUT2D eigenvalue weighted by atomic mass is 10.0. The lowest BCUT2D eigenvalue weighted by molar-refractivity contribution is -0.127. The molecule has 2 unspecified atom stereocenters. The Balaban J connectivity index is 1.88. The molecule has 1 amide bonds. The molecule has 1 aliphatic heterocycles. The fourth-order valence-corrected chi connectivity index (χ4v) is 3.33. The van der Waals surface area contributed by atoms with Crippen LogP contribution >= 0.6 is 0 Å². The molecule has 0 radical (unpaired) electrons. The fourth-order valence-electron chi connectivity index (χ4n) is 3.33. The number of amides is 1. The standard InChI is InChI=1S/C17H33N3O/c1-4-14(5-2)19-17(21)13(3)20(16-9-10-16)12-15-8-6-7-11-18-15/h13-16,18H,4-12H2,1-3H3,(H,19,21). The molecule has 0 aromatic heterocycles. The smallest absolute Gasteiger partial charge is 0.237 e. The van der Waals surface area contributed by atoms with E-state index in [-0.39, 0.29) is 11.9 Å². The van der Waals surface area contributed by atoms with E-state index in [4.69, 9.17) is 0 Å². The van der Waals surface area contributed by atoms with E-state index in [0.717, 1.165) is 25.9 Å². The van der Waals surface area contributed by atoms with Crippen LogP contribution in [0, 0.1) is 0 Å². The summed E-state index contributed by atoms with van der Waals surface area (Å²) in [6.45, 7) is 8.53. The Labute approximate surface area is 130 Å². The van der Waals surface area contributed by atoms with Gasteiger partial charge in [-0.1, -0.05) is 20.3 Å². The van der Waals surface area contributed by atoms with Gasteiger partial charge < -0.3 is 10.6 Å². The molecule has 2 atom stereocenters. The Morgan fingerprint density at radius 1 is 1.24 bits per heavy atom. The molecule has 1 heterocycles. The number of piperidine rings is 1. The minimum absolute atomic E-state index is 0.00169. The summed E-state index contributed by atoms with van der Waals surface area (Å²) in [7, 11) is 0. The van der Waals surface area contributed by atoms with Gasteiger partial charge in [0.1, 0.15) is 0 Å². The Morgan fingerprint density at radius 2 is 1.95 bits per heavy atom. The number of rotatable bonds is 8. The molecular formula is C17H33N3O. The van der Waals surface area contributed by atoms with Crippen molar-refractivity contribution in [2.75, 3.05) is 13.1 Å². The average Bonchev–Trinajstić information content (AvgIpc) is 3.35. The van der Waals surface area contributed by atoms with Crippen LogP contribution in [0.25, 0.3) is 0 Å². The third-order valence-electron chi connectivity index (χ3n) is 5.07. The van der Waals surface area contributed by atoms with E-state index in [0.29, 0.717) is 18.1 Å². The van der Waals surface area contributed by atoms with Crippen LogP contribution in [0.2, 0.25) is 0 Å². The average molecular weight is 295 g/mol. The molecule has 2 rings (SSSR count). The molecule has 2 N–H and O–H groups in total. The predicted molar refractivity (Wildman–Crippen MR) is 87.3 cm³/mol. The Bertz CT molecular complexity index is 320. The lowest BCUT2D eigenvalue weighted by Crippen LogP contribution is -2.53. The van der Waals surface area contributed by atoms with Gasteiger partial charge in [-0.2, -0.15) is 0 Å². The maximum atomic E-state index is 12.5. The summed E-state index contributed by atoms with van der Waals surface area (Å²) < 4.78 is 0. The van der Waals surface area contributed by atoms with Crippen molar-refractivity contribution in [3.8, 4) is 0 Å². The number of nitrogens with one attached hydrogen (secondary N) is 2. The SMILES string of the molecule is CCC(CC)NC(=O)C(C)N(CC1CCCCN1)C1CC1.